The van der Waals surface area contributed by atoms with E-state index in [0.29, 0.717) is 17.3 Å². The largest absolute Gasteiger partial charge is 0.497 e. The fourth-order valence-electron chi connectivity index (χ4n) is 1.42. The van der Waals surface area contributed by atoms with Crippen molar-refractivity contribution in [3.8, 4) is 11.4 Å². The van der Waals surface area contributed by atoms with Crippen molar-refractivity contribution in [1.82, 2.24) is 15.0 Å². The number of hydrogen-bond acceptors (Lipinski definition) is 3. The second kappa shape index (κ2) is 5.38. The summed E-state index contributed by atoms with van der Waals surface area (Å²) >= 11 is 11.8. The van der Waals surface area contributed by atoms with Crippen molar-refractivity contribution in [2.24, 2.45) is 0 Å². The Labute approximate surface area is 109 Å². The van der Waals surface area contributed by atoms with E-state index in [4.69, 9.17) is 27.9 Å². The first-order chi connectivity index (χ1) is 8.24. The predicted octanol–water partition coefficient (Wildman–Crippen LogP) is 2.71. The molecule has 0 aliphatic heterocycles. The van der Waals surface area contributed by atoms with Gasteiger partial charge in [-0.15, -0.1) is 16.7 Å². The molecule has 0 spiro atoms. The van der Waals surface area contributed by atoms with Crippen molar-refractivity contribution in [2.75, 3.05) is 13.0 Å². The minimum atomic E-state index is 0.518. The minimum absolute atomic E-state index is 0.518. The lowest BCUT2D eigenvalue weighted by Crippen LogP contribution is -1.97. The number of hydrogen-bond donors (Lipinski definition) is 0. The Bertz CT molecular complexity index is 513. The predicted molar refractivity (Wildman–Crippen MR) is 67.3 cm³/mol. The van der Waals surface area contributed by atoms with Crippen molar-refractivity contribution < 1.29 is 4.74 Å². The molecule has 0 saturated heterocycles. The number of alkyl halides is 1. The molecule has 0 radical (unpaired) electrons. The molecular weight excluding hydrogens is 261 g/mol. The van der Waals surface area contributed by atoms with E-state index in [1.54, 1.807) is 23.9 Å². The smallest absolute Gasteiger partial charge is 0.121 e. The van der Waals surface area contributed by atoms with Gasteiger partial charge in [0.25, 0.3) is 0 Å². The van der Waals surface area contributed by atoms with Crippen molar-refractivity contribution in [3.05, 3.63) is 35.1 Å². The van der Waals surface area contributed by atoms with Gasteiger partial charge in [0.1, 0.15) is 5.75 Å². The number of ether oxygens (including phenoxy) is 1. The zero-order valence-electron chi connectivity index (χ0n) is 9.23. The third-order valence-electron chi connectivity index (χ3n) is 2.29. The first-order valence-electron chi connectivity index (χ1n) is 5.05. The standard InChI is InChI=1S/C11H11Cl2N3O/c1-17-9-2-3-10(13)11(6-9)16-7-8(4-5-12)14-15-16/h2-3,6-7H,4-5H2,1H3. The van der Waals surface area contributed by atoms with E-state index < -0.39 is 0 Å². The third kappa shape index (κ3) is 2.70. The molecule has 0 N–H and O–H groups in total. The number of aryl methyl sites for hydroxylation is 1. The second-order valence-corrected chi connectivity index (χ2v) is 4.20. The summed E-state index contributed by atoms with van der Waals surface area (Å²) < 4.78 is 6.76. The highest BCUT2D eigenvalue weighted by atomic mass is 35.5. The normalized spacial score (nSPS) is 10.5. The van der Waals surface area contributed by atoms with E-state index in [2.05, 4.69) is 10.3 Å². The van der Waals surface area contributed by atoms with Gasteiger partial charge in [0, 0.05) is 18.4 Å². The van der Waals surface area contributed by atoms with Crippen LogP contribution in [0.5, 0.6) is 5.75 Å². The highest BCUT2D eigenvalue weighted by Crippen LogP contribution is 2.24. The van der Waals surface area contributed by atoms with Crippen molar-refractivity contribution in [1.29, 1.82) is 0 Å². The van der Waals surface area contributed by atoms with Gasteiger partial charge >= 0.3 is 0 Å². The maximum Gasteiger partial charge on any atom is 0.121 e. The van der Waals surface area contributed by atoms with Gasteiger partial charge in [-0.05, 0) is 12.1 Å². The maximum atomic E-state index is 6.10. The molecule has 17 heavy (non-hydrogen) atoms. The van der Waals surface area contributed by atoms with Crippen LogP contribution in [0, 0.1) is 0 Å². The van der Waals surface area contributed by atoms with Crippen LogP contribution in [0.15, 0.2) is 24.4 Å². The topological polar surface area (TPSA) is 39.9 Å². The monoisotopic (exact) mass is 271 g/mol. The Hall–Kier alpha value is -1.26. The molecule has 0 saturated carbocycles. The second-order valence-electron chi connectivity index (χ2n) is 3.41. The summed E-state index contributed by atoms with van der Waals surface area (Å²) in [5.74, 6) is 1.24. The van der Waals surface area contributed by atoms with Crippen molar-refractivity contribution in [2.45, 2.75) is 6.42 Å². The Morgan fingerprint density at radius 1 is 1.41 bits per heavy atom. The Morgan fingerprint density at radius 2 is 2.24 bits per heavy atom. The van der Waals surface area contributed by atoms with Crippen LogP contribution in [-0.4, -0.2) is 28.0 Å². The lowest BCUT2D eigenvalue weighted by molar-refractivity contribution is 0.414. The summed E-state index contributed by atoms with van der Waals surface area (Å²) in [6, 6.07) is 5.36. The molecule has 1 aromatic carbocycles. The van der Waals surface area contributed by atoms with Crippen LogP contribution in [0.25, 0.3) is 5.69 Å². The first kappa shape index (κ1) is 12.2. The summed E-state index contributed by atoms with van der Waals surface area (Å²) in [6.45, 7) is 0. The fraction of sp³-hybridized carbons (Fsp3) is 0.273. The number of benzene rings is 1. The number of rotatable bonds is 4. The molecule has 1 heterocycles. The van der Waals surface area contributed by atoms with Gasteiger partial charge in [-0.1, -0.05) is 16.8 Å². The van der Waals surface area contributed by atoms with Gasteiger partial charge in [-0.2, -0.15) is 0 Å². The van der Waals surface area contributed by atoms with Crippen LogP contribution in [0.1, 0.15) is 5.69 Å². The molecule has 0 unspecified atom stereocenters. The Kier molecular flexibility index (Phi) is 3.86. The van der Waals surface area contributed by atoms with E-state index in [1.807, 2.05) is 12.3 Å². The molecule has 0 amide bonds. The summed E-state index contributed by atoms with van der Waals surface area (Å²) in [4.78, 5) is 0. The molecule has 0 aliphatic carbocycles. The van der Waals surface area contributed by atoms with E-state index in [-0.39, 0.29) is 0 Å². The summed E-state index contributed by atoms with van der Waals surface area (Å²) in [6.07, 6.45) is 2.49. The molecule has 2 aromatic rings. The molecule has 0 bridgehead atoms. The third-order valence-corrected chi connectivity index (χ3v) is 2.80. The quantitative estimate of drug-likeness (QED) is 0.803. The van der Waals surface area contributed by atoms with Gasteiger partial charge in [0.15, 0.2) is 0 Å². The summed E-state index contributed by atoms with van der Waals surface area (Å²) in [5, 5.41) is 8.61. The van der Waals surface area contributed by atoms with E-state index in [0.717, 1.165) is 17.1 Å². The van der Waals surface area contributed by atoms with Gasteiger partial charge in [-0.25, -0.2) is 4.68 Å². The van der Waals surface area contributed by atoms with Gasteiger partial charge in [-0.3, -0.25) is 0 Å². The first-order valence-corrected chi connectivity index (χ1v) is 5.97. The molecular formula is C11H11Cl2N3O. The molecule has 1 aromatic heterocycles. The van der Waals surface area contributed by atoms with E-state index in [9.17, 15) is 0 Å². The fourth-order valence-corrected chi connectivity index (χ4v) is 1.82. The minimum Gasteiger partial charge on any atom is -0.497 e. The summed E-state index contributed by atoms with van der Waals surface area (Å²) in [7, 11) is 1.60. The molecule has 2 rings (SSSR count). The lowest BCUT2D eigenvalue weighted by Gasteiger charge is -2.05. The van der Waals surface area contributed by atoms with Crippen LogP contribution < -0.4 is 4.74 Å². The van der Waals surface area contributed by atoms with Gasteiger partial charge in [0.05, 0.1) is 29.7 Å². The number of methoxy groups -OCH3 is 1. The summed E-state index contributed by atoms with van der Waals surface area (Å²) in [5.41, 5.74) is 1.57. The van der Waals surface area contributed by atoms with Crippen LogP contribution >= 0.6 is 23.2 Å². The van der Waals surface area contributed by atoms with E-state index in [1.165, 1.54) is 0 Å². The highest BCUT2D eigenvalue weighted by molar-refractivity contribution is 6.32. The van der Waals surface area contributed by atoms with Crippen molar-refractivity contribution in [3.63, 3.8) is 0 Å². The Balaban J connectivity index is 2.37. The van der Waals surface area contributed by atoms with Crippen LogP contribution in [-0.2, 0) is 6.42 Å². The van der Waals surface area contributed by atoms with Gasteiger partial charge < -0.3 is 4.74 Å². The average molecular weight is 272 g/mol. The molecule has 0 fully saturated rings. The van der Waals surface area contributed by atoms with E-state index >= 15 is 0 Å². The number of halogens is 2. The van der Waals surface area contributed by atoms with Crippen LogP contribution in [0.4, 0.5) is 0 Å². The van der Waals surface area contributed by atoms with Gasteiger partial charge in [0.2, 0.25) is 0 Å². The molecule has 4 nitrogen and oxygen atoms in total. The zero-order chi connectivity index (χ0) is 12.3. The highest BCUT2D eigenvalue weighted by Gasteiger charge is 2.07. The van der Waals surface area contributed by atoms with Crippen LogP contribution in [0.3, 0.4) is 0 Å². The molecule has 90 valence electrons. The zero-order valence-corrected chi connectivity index (χ0v) is 10.7. The molecule has 0 aliphatic rings. The van der Waals surface area contributed by atoms with Crippen LogP contribution in [0.2, 0.25) is 5.02 Å². The average Bonchev–Trinajstić information content (AvgIpc) is 2.79. The number of aromatic nitrogens is 3. The Morgan fingerprint density at radius 3 is 2.94 bits per heavy atom. The molecule has 0 atom stereocenters. The SMILES string of the molecule is COc1ccc(Cl)c(-n2cc(CCCl)nn2)c1. The number of nitrogens with zero attached hydrogens (tertiary/aromatic N) is 3. The lowest BCUT2D eigenvalue weighted by atomic mass is 10.3. The molecule has 6 heteroatoms. The van der Waals surface area contributed by atoms with Crippen molar-refractivity contribution >= 4 is 23.2 Å². The maximum absolute atomic E-state index is 6.10.